The van der Waals surface area contributed by atoms with E-state index >= 15 is 0 Å². The molecule has 2 aromatic rings. The Hall–Kier alpha value is -1.40. The van der Waals surface area contributed by atoms with E-state index in [9.17, 15) is 0 Å². The van der Waals surface area contributed by atoms with Crippen molar-refractivity contribution in [3.8, 4) is 0 Å². The molecular formula is C7H8BN3O2. The van der Waals surface area contributed by atoms with Crippen molar-refractivity contribution in [3.05, 3.63) is 18.6 Å². The maximum absolute atomic E-state index is 9.01. The fraction of sp³-hybridized carbons (Fsp3) is 0.143. The van der Waals surface area contributed by atoms with Crippen molar-refractivity contribution in [1.82, 2.24) is 14.8 Å². The van der Waals surface area contributed by atoms with Gasteiger partial charge < -0.3 is 10.0 Å². The highest BCUT2D eigenvalue weighted by molar-refractivity contribution is 6.61. The zero-order chi connectivity index (χ0) is 9.42. The number of hydrogen-bond acceptors (Lipinski definition) is 4. The number of aryl methyl sites for hydroxylation is 1. The molecule has 0 fully saturated rings. The minimum atomic E-state index is -1.50. The summed E-state index contributed by atoms with van der Waals surface area (Å²) in [7, 11) is 0.272. The van der Waals surface area contributed by atoms with E-state index in [-0.39, 0.29) is 0 Å². The molecule has 66 valence electrons. The van der Waals surface area contributed by atoms with Gasteiger partial charge in [0.1, 0.15) is 5.52 Å². The molecule has 13 heavy (non-hydrogen) atoms. The van der Waals surface area contributed by atoms with Gasteiger partial charge in [-0.05, 0) is 0 Å². The number of pyridine rings is 1. The van der Waals surface area contributed by atoms with Gasteiger partial charge >= 0.3 is 7.12 Å². The standard InChI is InChI=1S/C7H8BN3O2/c1-11-4-5-6(8(12)13)2-9-3-7(5)10-11/h2-4,12-13H,1H3. The SMILES string of the molecule is Cn1cc2c(B(O)O)cncc2n1. The molecular weight excluding hydrogens is 169 g/mol. The highest BCUT2D eigenvalue weighted by Crippen LogP contribution is 2.06. The fourth-order valence-electron chi connectivity index (χ4n) is 1.29. The molecule has 0 radical (unpaired) electrons. The smallest absolute Gasteiger partial charge is 0.423 e. The van der Waals surface area contributed by atoms with E-state index in [4.69, 9.17) is 10.0 Å². The second-order valence-corrected chi connectivity index (χ2v) is 2.84. The first-order valence-corrected chi connectivity index (χ1v) is 3.82. The van der Waals surface area contributed by atoms with Crippen LogP contribution in [0.3, 0.4) is 0 Å². The first-order valence-electron chi connectivity index (χ1n) is 3.82. The van der Waals surface area contributed by atoms with E-state index in [0.29, 0.717) is 16.4 Å². The second kappa shape index (κ2) is 2.83. The van der Waals surface area contributed by atoms with Crippen LogP contribution in [-0.2, 0) is 7.05 Å². The minimum Gasteiger partial charge on any atom is -0.423 e. The molecule has 2 heterocycles. The van der Waals surface area contributed by atoms with Crippen molar-refractivity contribution in [2.24, 2.45) is 7.05 Å². The number of fused-ring (bicyclic) bond motifs is 1. The summed E-state index contributed by atoms with van der Waals surface area (Å²) < 4.78 is 1.61. The van der Waals surface area contributed by atoms with E-state index in [1.807, 2.05) is 0 Å². The zero-order valence-electron chi connectivity index (χ0n) is 7.05. The quantitative estimate of drug-likeness (QED) is 0.528. The molecule has 0 atom stereocenters. The molecule has 2 rings (SSSR count). The molecule has 0 aliphatic heterocycles. The van der Waals surface area contributed by atoms with Crippen LogP contribution < -0.4 is 5.46 Å². The Labute approximate surface area is 74.8 Å². The molecule has 0 aliphatic rings. The van der Waals surface area contributed by atoms with Crippen molar-refractivity contribution in [3.63, 3.8) is 0 Å². The average molecular weight is 177 g/mol. The predicted octanol–water partition coefficient (Wildman–Crippen LogP) is -1.35. The van der Waals surface area contributed by atoms with Gasteiger partial charge in [-0.1, -0.05) is 0 Å². The lowest BCUT2D eigenvalue weighted by Crippen LogP contribution is -2.30. The van der Waals surface area contributed by atoms with Gasteiger partial charge in [0.2, 0.25) is 0 Å². The lowest BCUT2D eigenvalue weighted by Gasteiger charge is -1.97. The van der Waals surface area contributed by atoms with Crippen LogP contribution in [0.25, 0.3) is 10.9 Å². The Bertz CT molecular complexity index is 440. The van der Waals surface area contributed by atoms with Crippen LogP contribution in [0.5, 0.6) is 0 Å². The topological polar surface area (TPSA) is 71.2 Å². The Kier molecular flexibility index (Phi) is 1.79. The normalized spacial score (nSPS) is 10.7. The average Bonchev–Trinajstić information content (AvgIpc) is 2.43. The van der Waals surface area contributed by atoms with Gasteiger partial charge in [-0.25, -0.2) is 0 Å². The van der Waals surface area contributed by atoms with E-state index < -0.39 is 7.12 Å². The predicted molar refractivity (Wildman–Crippen MR) is 48.3 cm³/mol. The van der Waals surface area contributed by atoms with E-state index in [1.54, 1.807) is 24.1 Å². The van der Waals surface area contributed by atoms with E-state index in [1.165, 1.54) is 6.20 Å². The lowest BCUT2D eigenvalue weighted by molar-refractivity contribution is 0.426. The number of hydrogen-bond donors (Lipinski definition) is 2. The van der Waals surface area contributed by atoms with Gasteiger partial charge in [0.15, 0.2) is 0 Å². The van der Waals surface area contributed by atoms with E-state index in [0.717, 1.165) is 0 Å². The summed E-state index contributed by atoms with van der Waals surface area (Å²) in [4.78, 5) is 3.85. The third-order valence-corrected chi connectivity index (χ3v) is 1.86. The van der Waals surface area contributed by atoms with Crippen LogP contribution in [0.2, 0.25) is 0 Å². The number of rotatable bonds is 1. The van der Waals surface area contributed by atoms with Gasteiger partial charge in [-0.3, -0.25) is 9.67 Å². The first-order chi connectivity index (χ1) is 6.18. The van der Waals surface area contributed by atoms with Gasteiger partial charge in [0, 0.05) is 30.3 Å². The number of nitrogens with zero attached hydrogens (tertiary/aromatic N) is 3. The van der Waals surface area contributed by atoms with Crippen molar-refractivity contribution >= 4 is 23.5 Å². The molecule has 0 unspecified atom stereocenters. The third kappa shape index (κ3) is 1.30. The molecule has 5 nitrogen and oxygen atoms in total. The van der Waals surface area contributed by atoms with Crippen molar-refractivity contribution < 1.29 is 10.0 Å². The summed E-state index contributed by atoms with van der Waals surface area (Å²) in [5, 5.41) is 22.8. The minimum absolute atomic E-state index is 0.380. The molecule has 2 aromatic heterocycles. The van der Waals surface area contributed by atoms with Crippen LogP contribution >= 0.6 is 0 Å². The number of aromatic nitrogens is 3. The van der Waals surface area contributed by atoms with Crippen LogP contribution in [0.1, 0.15) is 0 Å². The molecule has 0 saturated heterocycles. The summed E-state index contributed by atoms with van der Waals surface area (Å²) >= 11 is 0. The van der Waals surface area contributed by atoms with Crippen molar-refractivity contribution in [1.29, 1.82) is 0 Å². The van der Waals surface area contributed by atoms with Crippen molar-refractivity contribution in [2.45, 2.75) is 0 Å². The summed E-state index contributed by atoms with van der Waals surface area (Å²) in [6, 6.07) is 0. The molecule has 0 aliphatic carbocycles. The highest BCUT2D eigenvalue weighted by atomic mass is 16.4. The summed E-state index contributed by atoms with van der Waals surface area (Å²) in [5.74, 6) is 0. The van der Waals surface area contributed by atoms with Crippen LogP contribution in [-0.4, -0.2) is 31.9 Å². The molecule has 0 aromatic carbocycles. The van der Waals surface area contributed by atoms with Crippen LogP contribution in [0.15, 0.2) is 18.6 Å². The van der Waals surface area contributed by atoms with Gasteiger partial charge in [-0.15, -0.1) is 0 Å². The Morgan fingerprint density at radius 2 is 2.15 bits per heavy atom. The molecule has 6 heteroatoms. The monoisotopic (exact) mass is 177 g/mol. The maximum atomic E-state index is 9.01. The first kappa shape index (κ1) is 8.21. The molecule has 0 spiro atoms. The summed E-state index contributed by atoms with van der Waals surface area (Å²) in [6.07, 6.45) is 4.74. The summed E-state index contributed by atoms with van der Waals surface area (Å²) in [5.41, 5.74) is 1.04. The maximum Gasteiger partial charge on any atom is 0.490 e. The highest BCUT2D eigenvalue weighted by Gasteiger charge is 2.16. The Morgan fingerprint density at radius 3 is 2.85 bits per heavy atom. The van der Waals surface area contributed by atoms with Crippen molar-refractivity contribution in [2.75, 3.05) is 0 Å². The van der Waals surface area contributed by atoms with Gasteiger partial charge in [0.05, 0.1) is 6.20 Å². The Balaban J connectivity index is 2.75. The lowest BCUT2D eigenvalue weighted by atomic mass is 9.80. The molecule has 0 bridgehead atoms. The van der Waals surface area contributed by atoms with Gasteiger partial charge in [-0.2, -0.15) is 5.10 Å². The zero-order valence-corrected chi connectivity index (χ0v) is 7.05. The summed E-state index contributed by atoms with van der Waals surface area (Å²) in [6.45, 7) is 0. The fourth-order valence-corrected chi connectivity index (χ4v) is 1.29. The molecule has 0 saturated carbocycles. The van der Waals surface area contributed by atoms with Crippen LogP contribution in [0, 0.1) is 0 Å². The molecule has 0 amide bonds. The third-order valence-electron chi connectivity index (χ3n) is 1.86. The van der Waals surface area contributed by atoms with E-state index in [2.05, 4.69) is 10.1 Å². The van der Waals surface area contributed by atoms with Gasteiger partial charge in [0.25, 0.3) is 0 Å². The largest absolute Gasteiger partial charge is 0.490 e. The van der Waals surface area contributed by atoms with Crippen LogP contribution in [0.4, 0.5) is 0 Å². The molecule has 2 N–H and O–H groups in total. The Morgan fingerprint density at radius 1 is 1.38 bits per heavy atom. The second-order valence-electron chi connectivity index (χ2n) is 2.84.